The number of rotatable bonds is 1. The first kappa shape index (κ1) is 8.50. The van der Waals surface area contributed by atoms with Gasteiger partial charge in [-0.1, -0.05) is 0 Å². The molecule has 0 atom stereocenters. The molecule has 0 spiro atoms. The van der Waals surface area contributed by atoms with E-state index in [0.29, 0.717) is 5.82 Å². The van der Waals surface area contributed by atoms with Gasteiger partial charge in [0.15, 0.2) is 0 Å². The quantitative estimate of drug-likeness (QED) is 0.431. The number of nitrogens with zero attached hydrogens (tertiary/aromatic N) is 4. The van der Waals surface area contributed by atoms with Crippen LogP contribution in [0.5, 0.6) is 0 Å². The molecule has 0 saturated heterocycles. The lowest BCUT2D eigenvalue weighted by atomic mass is 10.3. The molecule has 13 heavy (non-hydrogen) atoms. The summed E-state index contributed by atoms with van der Waals surface area (Å²) in [5, 5.41) is 6.48. The van der Waals surface area contributed by atoms with E-state index in [1.165, 1.54) is 11.3 Å². The highest BCUT2D eigenvalue weighted by atomic mass is 79.9. The van der Waals surface area contributed by atoms with E-state index in [9.17, 15) is 0 Å². The fraction of sp³-hybridized carbons (Fsp3) is 0. The second kappa shape index (κ2) is 3.33. The molecule has 0 saturated carbocycles. The van der Waals surface area contributed by atoms with E-state index in [2.05, 4.69) is 30.9 Å². The van der Waals surface area contributed by atoms with Gasteiger partial charge in [-0.3, -0.25) is 4.98 Å². The van der Waals surface area contributed by atoms with E-state index in [1.54, 1.807) is 6.20 Å². The lowest BCUT2D eigenvalue weighted by Crippen LogP contribution is -1.73. The van der Waals surface area contributed by atoms with Gasteiger partial charge in [-0.15, -0.1) is 11.3 Å². The molecule has 2 aromatic rings. The summed E-state index contributed by atoms with van der Waals surface area (Å²) in [5.74, 6) is 0.440. The van der Waals surface area contributed by atoms with Gasteiger partial charge >= 0.3 is 0 Å². The van der Waals surface area contributed by atoms with Crippen molar-refractivity contribution in [1.29, 1.82) is 0 Å². The number of hydrogen-bond acceptors (Lipinski definition) is 3. The topological polar surface area (TPSA) is 61.7 Å². The third-order valence-corrected chi connectivity index (χ3v) is 3.11. The van der Waals surface area contributed by atoms with Gasteiger partial charge in [0.25, 0.3) is 0 Å². The van der Waals surface area contributed by atoms with Crippen LogP contribution >= 0.6 is 27.3 Å². The molecule has 4 nitrogen and oxygen atoms in total. The van der Waals surface area contributed by atoms with E-state index in [4.69, 9.17) is 5.53 Å². The molecule has 64 valence electrons. The summed E-state index contributed by atoms with van der Waals surface area (Å²) in [4.78, 5) is 6.73. The van der Waals surface area contributed by atoms with Crippen LogP contribution in [-0.4, -0.2) is 4.98 Å². The highest BCUT2D eigenvalue weighted by Gasteiger charge is 2.04. The summed E-state index contributed by atoms with van der Waals surface area (Å²) in [6.07, 6.45) is 1.64. The summed E-state index contributed by atoms with van der Waals surface area (Å²) >= 11 is 4.88. The van der Waals surface area contributed by atoms with Crippen LogP contribution in [0.3, 0.4) is 0 Å². The fourth-order valence-corrected chi connectivity index (χ4v) is 2.44. The molecule has 2 aromatic heterocycles. The maximum absolute atomic E-state index is 8.30. The molecular weight excluding hydrogens is 252 g/mol. The number of pyridine rings is 1. The van der Waals surface area contributed by atoms with Gasteiger partial charge in [-0.25, -0.2) is 0 Å². The Labute approximate surface area is 86.0 Å². The zero-order valence-electron chi connectivity index (χ0n) is 6.31. The lowest BCUT2D eigenvalue weighted by molar-refractivity contribution is 1.29. The van der Waals surface area contributed by atoms with Crippen LogP contribution in [-0.2, 0) is 0 Å². The summed E-state index contributed by atoms with van der Waals surface area (Å²) in [5.41, 5.74) is 8.30. The molecule has 0 amide bonds. The first-order valence-corrected chi connectivity index (χ1v) is 5.07. The van der Waals surface area contributed by atoms with Gasteiger partial charge in [0.1, 0.15) is 5.82 Å². The third kappa shape index (κ3) is 1.39. The van der Waals surface area contributed by atoms with Crippen molar-refractivity contribution >= 4 is 43.2 Å². The van der Waals surface area contributed by atoms with E-state index < -0.39 is 0 Å². The Balaban J connectivity index is 2.85. The van der Waals surface area contributed by atoms with Gasteiger partial charge in [0, 0.05) is 21.0 Å². The zero-order chi connectivity index (χ0) is 9.26. The highest BCUT2D eigenvalue weighted by Crippen LogP contribution is 2.33. The Morgan fingerprint density at radius 2 is 2.46 bits per heavy atom. The molecule has 0 unspecified atom stereocenters. The van der Waals surface area contributed by atoms with Gasteiger partial charge in [0.2, 0.25) is 0 Å². The number of thiophene rings is 1. The Bertz CT molecular complexity index is 500. The van der Waals surface area contributed by atoms with E-state index in [1.807, 2.05) is 11.4 Å². The summed E-state index contributed by atoms with van der Waals surface area (Å²) < 4.78 is 1.83. The molecular formula is C7H3BrN4S. The van der Waals surface area contributed by atoms with Crippen molar-refractivity contribution in [3.8, 4) is 0 Å². The monoisotopic (exact) mass is 254 g/mol. The van der Waals surface area contributed by atoms with Crippen LogP contribution in [0.25, 0.3) is 20.5 Å². The fourth-order valence-electron chi connectivity index (χ4n) is 1.03. The van der Waals surface area contributed by atoms with Gasteiger partial charge < -0.3 is 0 Å². The van der Waals surface area contributed by atoms with Crippen molar-refractivity contribution in [3.63, 3.8) is 0 Å². The van der Waals surface area contributed by atoms with Crippen molar-refractivity contribution in [2.24, 2.45) is 5.11 Å². The van der Waals surface area contributed by atoms with Gasteiger partial charge in [-0.2, -0.15) is 0 Å². The van der Waals surface area contributed by atoms with Crippen molar-refractivity contribution in [2.45, 2.75) is 0 Å². The lowest BCUT2D eigenvalue weighted by Gasteiger charge is -1.95. The minimum absolute atomic E-state index is 0.440. The van der Waals surface area contributed by atoms with Crippen LogP contribution in [0.1, 0.15) is 0 Å². The number of azide groups is 1. The molecule has 2 heterocycles. The van der Waals surface area contributed by atoms with Crippen LogP contribution in [0.2, 0.25) is 0 Å². The van der Waals surface area contributed by atoms with Crippen LogP contribution in [0.4, 0.5) is 5.82 Å². The maximum Gasteiger partial charge on any atom is 0.144 e. The van der Waals surface area contributed by atoms with E-state index in [0.717, 1.165) is 14.6 Å². The van der Waals surface area contributed by atoms with Crippen molar-refractivity contribution < 1.29 is 0 Å². The molecule has 0 aromatic carbocycles. The van der Waals surface area contributed by atoms with Crippen LogP contribution < -0.4 is 0 Å². The van der Waals surface area contributed by atoms with Crippen LogP contribution in [0.15, 0.2) is 27.2 Å². The Morgan fingerprint density at radius 1 is 1.62 bits per heavy atom. The van der Waals surface area contributed by atoms with Crippen molar-refractivity contribution in [1.82, 2.24) is 4.98 Å². The standard InChI is InChI=1S/C7H3BrN4S/c8-5-3-10-7(11-12-9)6-4(5)1-2-13-6/h1-3H. The smallest absolute Gasteiger partial charge is 0.144 e. The Hall–Kier alpha value is -1.10. The molecule has 6 heteroatoms. The summed E-state index contributed by atoms with van der Waals surface area (Å²) in [6, 6.07) is 1.96. The minimum Gasteiger partial charge on any atom is -0.252 e. The number of hydrogen-bond donors (Lipinski definition) is 0. The average Bonchev–Trinajstić information content (AvgIpc) is 2.59. The first-order valence-electron chi connectivity index (χ1n) is 3.39. The van der Waals surface area contributed by atoms with Gasteiger partial charge in [0.05, 0.1) is 4.70 Å². The average molecular weight is 255 g/mol. The van der Waals surface area contributed by atoms with E-state index >= 15 is 0 Å². The Kier molecular flexibility index (Phi) is 2.18. The van der Waals surface area contributed by atoms with Gasteiger partial charge in [-0.05, 0) is 38.0 Å². The number of halogens is 1. The maximum atomic E-state index is 8.30. The third-order valence-electron chi connectivity index (χ3n) is 1.57. The largest absolute Gasteiger partial charge is 0.252 e. The first-order chi connectivity index (χ1) is 6.33. The molecule has 0 radical (unpaired) electrons. The summed E-state index contributed by atoms with van der Waals surface area (Å²) in [6.45, 7) is 0. The zero-order valence-corrected chi connectivity index (χ0v) is 8.71. The highest BCUT2D eigenvalue weighted by molar-refractivity contribution is 9.10. The molecule has 0 fully saturated rings. The normalized spacial score (nSPS) is 9.92. The Morgan fingerprint density at radius 3 is 3.23 bits per heavy atom. The molecule has 0 aliphatic heterocycles. The predicted octanol–water partition coefficient (Wildman–Crippen LogP) is 4.00. The molecule has 2 rings (SSSR count). The number of fused-ring (bicyclic) bond motifs is 1. The van der Waals surface area contributed by atoms with Crippen molar-refractivity contribution in [2.75, 3.05) is 0 Å². The predicted molar refractivity (Wildman–Crippen MR) is 56.1 cm³/mol. The molecule has 0 aliphatic carbocycles. The number of aromatic nitrogens is 1. The van der Waals surface area contributed by atoms with Crippen molar-refractivity contribution in [3.05, 3.63) is 32.6 Å². The molecule has 0 aliphatic rings. The molecule has 0 bridgehead atoms. The summed E-state index contributed by atoms with van der Waals surface area (Å²) in [7, 11) is 0. The molecule has 0 N–H and O–H groups in total. The second-order valence-corrected chi connectivity index (χ2v) is 4.05. The van der Waals surface area contributed by atoms with Crippen LogP contribution in [0, 0.1) is 0 Å². The van der Waals surface area contributed by atoms with E-state index in [-0.39, 0.29) is 0 Å². The minimum atomic E-state index is 0.440. The second-order valence-electron chi connectivity index (χ2n) is 2.28. The SMILES string of the molecule is [N-]=[N+]=Nc1ncc(Br)c2ccsc12.